The fraction of sp³-hybridized carbons (Fsp3) is 0.353. The van der Waals surface area contributed by atoms with Crippen molar-refractivity contribution in [1.29, 1.82) is 0 Å². The van der Waals surface area contributed by atoms with Gasteiger partial charge in [0.05, 0.1) is 0 Å². The third kappa shape index (κ3) is 2.61. The number of rotatable bonds is 3. The second-order valence-electron chi connectivity index (χ2n) is 5.19. The Kier molecular flexibility index (Phi) is 3.81. The Morgan fingerprint density at radius 2 is 1.61 bits per heavy atom. The Hall–Kier alpha value is -1.63. The fourth-order valence-electron chi connectivity index (χ4n) is 2.48. The van der Waals surface area contributed by atoms with E-state index >= 15 is 0 Å². The van der Waals surface area contributed by atoms with Crippen LogP contribution in [0, 0.1) is 20.8 Å². The molecule has 0 amide bonds. The number of hydrogen-bond donors (Lipinski definition) is 0. The Balaban J connectivity index is 2.24. The molecule has 0 N–H and O–H groups in total. The van der Waals surface area contributed by atoms with Crippen molar-refractivity contribution < 1.29 is 4.57 Å². The van der Waals surface area contributed by atoms with Crippen LogP contribution in [-0.4, -0.2) is 0 Å². The lowest BCUT2D eigenvalue weighted by molar-refractivity contribution is -0.705. The standard InChI is InChI=1S/C17H22N/c1-13-9-7-11-18(16(13)4)12-15(3)17-10-6-5-8-14(17)2/h5-11,15H,12H2,1-4H3/q+1. The fourth-order valence-corrected chi connectivity index (χ4v) is 2.48. The van der Waals surface area contributed by atoms with Gasteiger partial charge in [-0.15, -0.1) is 0 Å². The summed E-state index contributed by atoms with van der Waals surface area (Å²) in [4.78, 5) is 0. The SMILES string of the molecule is Cc1ccccc1C(C)C[n+]1cccc(C)c1C. The molecule has 2 aromatic rings. The zero-order chi connectivity index (χ0) is 13.1. The molecule has 0 aliphatic carbocycles. The van der Waals surface area contributed by atoms with Crippen molar-refractivity contribution in [3.05, 3.63) is 65.0 Å². The molecule has 1 aromatic carbocycles. The van der Waals surface area contributed by atoms with Gasteiger partial charge in [-0.25, -0.2) is 4.57 Å². The van der Waals surface area contributed by atoms with Crippen LogP contribution < -0.4 is 4.57 Å². The molecule has 1 aromatic heterocycles. The van der Waals surface area contributed by atoms with Crippen LogP contribution in [0.15, 0.2) is 42.6 Å². The summed E-state index contributed by atoms with van der Waals surface area (Å²) in [6, 6.07) is 13.0. The van der Waals surface area contributed by atoms with Crippen molar-refractivity contribution in [2.75, 3.05) is 0 Å². The molecule has 0 saturated heterocycles. The second kappa shape index (κ2) is 5.34. The van der Waals surface area contributed by atoms with Crippen LogP contribution in [0.25, 0.3) is 0 Å². The van der Waals surface area contributed by atoms with Gasteiger partial charge in [-0.05, 0) is 31.0 Å². The van der Waals surface area contributed by atoms with Crippen LogP contribution in [-0.2, 0) is 6.54 Å². The molecule has 18 heavy (non-hydrogen) atoms. The second-order valence-corrected chi connectivity index (χ2v) is 5.19. The zero-order valence-electron chi connectivity index (χ0n) is 11.8. The number of aromatic nitrogens is 1. The summed E-state index contributed by atoms with van der Waals surface area (Å²) in [5.74, 6) is 0.539. The number of aryl methyl sites for hydroxylation is 2. The van der Waals surface area contributed by atoms with Crippen molar-refractivity contribution in [1.82, 2.24) is 0 Å². The molecular formula is C17H22N+. The third-order valence-corrected chi connectivity index (χ3v) is 3.80. The Bertz CT molecular complexity index is 543. The van der Waals surface area contributed by atoms with Gasteiger partial charge in [0.1, 0.15) is 0 Å². The predicted molar refractivity (Wildman–Crippen MR) is 75.7 cm³/mol. The first kappa shape index (κ1) is 12.8. The first-order valence-corrected chi connectivity index (χ1v) is 6.60. The molecule has 0 spiro atoms. The molecule has 94 valence electrons. The summed E-state index contributed by atoms with van der Waals surface area (Å²) in [5.41, 5.74) is 5.55. The van der Waals surface area contributed by atoms with E-state index in [1.165, 1.54) is 22.4 Å². The van der Waals surface area contributed by atoms with Gasteiger partial charge in [-0.3, -0.25) is 0 Å². The number of pyridine rings is 1. The highest BCUT2D eigenvalue weighted by molar-refractivity contribution is 5.28. The summed E-state index contributed by atoms with van der Waals surface area (Å²) in [5, 5.41) is 0. The van der Waals surface area contributed by atoms with Gasteiger partial charge in [0.2, 0.25) is 0 Å². The van der Waals surface area contributed by atoms with E-state index in [-0.39, 0.29) is 0 Å². The third-order valence-electron chi connectivity index (χ3n) is 3.80. The van der Waals surface area contributed by atoms with Crippen molar-refractivity contribution in [2.24, 2.45) is 0 Å². The average molecular weight is 240 g/mol. The largest absolute Gasteiger partial charge is 0.202 e. The molecule has 1 nitrogen and oxygen atoms in total. The van der Waals surface area contributed by atoms with Gasteiger partial charge in [0.25, 0.3) is 0 Å². The molecule has 0 fully saturated rings. The van der Waals surface area contributed by atoms with Crippen LogP contribution in [0.5, 0.6) is 0 Å². The van der Waals surface area contributed by atoms with Crippen molar-refractivity contribution in [3.8, 4) is 0 Å². The number of benzene rings is 1. The van der Waals surface area contributed by atoms with Crippen LogP contribution >= 0.6 is 0 Å². The average Bonchev–Trinajstić information content (AvgIpc) is 2.35. The van der Waals surface area contributed by atoms with Crippen LogP contribution in [0.2, 0.25) is 0 Å². The summed E-state index contributed by atoms with van der Waals surface area (Å²) < 4.78 is 2.35. The predicted octanol–water partition coefficient (Wildman–Crippen LogP) is 3.70. The molecule has 0 aliphatic heterocycles. The van der Waals surface area contributed by atoms with E-state index < -0.39 is 0 Å². The monoisotopic (exact) mass is 240 g/mol. The number of hydrogen-bond acceptors (Lipinski definition) is 0. The quantitative estimate of drug-likeness (QED) is 0.720. The van der Waals surface area contributed by atoms with E-state index in [1.54, 1.807) is 0 Å². The Morgan fingerprint density at radius 1 is 0.944 bits per heavy atom. The first-order chi connectivity index (χ1) is 8.59. The van der Waals surface area contributed by atoms with Crippen LogP contribution in [0.1, 0.15) is 35.2 Å². The maximum Gasteiger partial charge on any atom is 0.181 e. The molecule has 1 atom stereocenters. The highest BCUT2D eigenvalue weighted by atomic mass is 15.0. The minimum absolute atomic E-state index is 0.539. The zero-order valence-corrected chi connectivity index (χ0v) is 11.8. The summed E-state index contributed by atoms with van der Waals surface area (Å²) in [6.45, 7) is 9.90. The van der Waals surface area contributed by atoms with E-state index in [0.717, 1.165) is 6.54 Å². The van der Waals surface area contributed by atoms with Gasteiger partial charge in [-0.1, -0.05) is 31.2 Å². The van der Waals surface area contributed by atoms with E-state index in [2.05, 4.69) is 74.9 Å². The number of nitrogens with zero attached hydrogens (tertiary/aromatic N) is 1. The van der Waals surface area contributed by atoms with E-state index in [1.807, 2.05) is 0 Å². The van der Waals surface area contributed by atoms with E-state index in [0.29, 0.717) is 5.92 Å². The van der Waals surface area contributed by atoms with Crippen LogP contribution in [0.4, 0.5) is 0 Å². The minimum atomic E-state index is 0.539. The highest BCUT2D eigenvalue weighted by Gasteiger charge is 2.15. The van der Waals surface area contributed by atoms with Gasteiger partial charge < -0.3 is 0 Å². The van der Waals surface area contributed by atoms with E-state index in [4.69, 9.17) is 0 Å². The molecule has 0 saturated carbocycles. The maximum absolute atomic E-state index is 2.35. The lowest BCUT2D eigenvalue weighted by Crippen LogP contribution is -2.39. The van der Waals surface area contributed by atoms with Crippen molar-refractivity contribution in [3.63, 3.8) is 0 Å². The van der Waals surface area contributed by atoms with Crippen LogP contribution in [0.3, 0.4) is 0 Å². The first-order valence-electron chi connectivity index (χ1n) is 6.60. The van der Waals surface area contributed by atoms with E-state index in [9.17, 15) is 0 Å². The molecule has 2 rings (SSSR count). The van der Waals surface area contributed by atoms with Gasteiger partial charge in [0, 0.05) is 24.5 Å². The molecular weight excluding hydrogens is 218 g/mol. The highest BCUT2D eigenvalue weighted by Crippen LogP contribution is 2.19. The summed E-state index contributed by atoms with van der Waals surface area (Å²) in [7, 11) is 0. The molecule has 0 aliphatic rings. The van der Waals surface area contributed by atoms with Crippen molar-refractivity contribution >= 4 is 0 Å². The minimum Gasteiger partial charge on any atom is -0.202 e. The molecule has 1 unspecified atom stereocenters. The lowest BCUT2D eigenvalue weighted by Gasteiger charge is -2.13. The van der Waals surface area contributed by atoms with Gasteiger partial charge in [-0.2, -0.15) is 0 Å². The molecule has 0 radical (unpaired) electrons. The normalized spacial score (nSPS) is 12.4. The lowest BCUT2D eigenvalue weighted by atomic mass is 9.96. The molecule has 1 heteroatoms. The Morgan fingerprint density at radius 3 is 2.33 bits per heavy atom. The maximum atomic E-state index is 2.35. The smallest absolute Gasteiger partial charge is 0.181 e. The Labute approximate surface area is 110 Å². The van der Waals surface area contributed by atoms with Gasteiger partial charge >= 0.3 is 0 Å². The van der Waals surface area contributed by atoms with Crippen molar-refractivity contribution in [2.45, 2.75) is 40.2 Å². The topological polar surface area (TPSA) is 3.88 Å². The summed E-state index contributed by atoms with van der Waals surface area (Å²) >= 11 is 0. The van der Waals surface area contributed by atoms with Gasteiger partial charge in [0.15, 0.2) is 18.4 Å². The summed E-state index contributed by atoms with van der Waals surface area (Å²) in [6.07, 6.45) is 2.18. The molecule has 0 bridgehead atoms. The molecule has 1 heterocycles.